The van der Waals surface area contributed by atoms with Crippen molar-refractivity contribution >= 4 is 46.5 Å². The van der Waals surface area contributed by atoms with Gasteiger partial charge in [-0.25, -0.2) is 0 Å². The van der Waals surface area contributed by atoms with Gasteiger partial charge < -0.3 is 20.7 Å². The normalized spacial score (nSPS) is 10.0. The standard InChI is InChI=1S/C21H23N3O4S/c1-13-8-9-15(12-14(13)2)22-20(27)16-6-4-5-7-17(16)23-21(29)24-18(25)10-11-19(26)28-3/h4-9,12H,10-11H2,1-3H3,(H,22,27)(H2,23,24,25,29). The smallest absolute Gasteiger partial charge is 0.306 e. The summed E-state index contributed by atoms with van der Waals surface area (Å²) in [7, 11) is 1.26. The highest BCUT2D eigenvalue weighted by Crippen LogP contribution is 2.19. The van der Waals surface area contributed by atoms with E-state index in [9.17, 15) is 14.4 Å². The second-order valence-electron chi connectivity index (χ2n) is 6.38. The number of thiocarbonyl (C=S) groups is 1. The Morgan fingerprint density at radius 1 is 0.966 bits per heavy atom. The van der Waals surface area contributed by atoms with Crippen LogP contribution in [0.4, 0.5) is 11.4 Å². The lowest BCUT2D eigenvalue weighted by molar-refractivity contribution is -0.142. The summed E-state index contributed by atoms with van der Waals surface area (Å²) in [5.41, 5.74) is 3.72. The largest absolute Gasteiger partial charge is 0.469 e. The number of para-hydroxylation sites is 1. The van der Waals surface area contributed by atoms with Gasteiger partial charge in [-0.15, -0.1) is 0 Å². The number of carbonyl (C=O) groups is 3. The summed E-state index contributed by atoms with van der Waals surface area (Å²) in [6, 6.07) is 12.5. The Labute approximate surface area is 174 Å². The molecule has 0 saturated carbocycles. The predicted octanol–water partition coefficient (Wildman–Crippen LogP) is 3.32. The minimum Gasteiger partial charge on any atom is -0.469 e. The van der Waals surface area contributed by atoms with Crippen LogP contribution in [0.2, 0.25) is 0 Å². The molecular formula is C21H23N3O4S. The molecular weight excluding hydrogens is 390 g/mol. The summed E-state index contributed by atoms with van der Waals surface area (Å²) in [4.78, 5) is 35.7. The number of nitrogens with one attached hydrogen (secondary N) is 3. The molecule has 2 aromatic rings. The van der Waals surface area contributed by atoms with E-state index in [1.807, 2.05) is 32.0 Å². The van der Waals surface area contributed by atoms with Crippen molar-refractivity contribution in [1.29, 1.82) is 0 Å². The molecule has 0 bridgehead atoms. The predicted molar refractivity (Wildman–Crippen MR) is 116 cm³/mol. The van der Waals surface area contributed by atoms with E-state index in [0.29, 0.717) is 16.9 Å². The van der Waals surface area contributed by atoms with Crippen molar-refractivity contribution in [3.63, 3.8) is 0 Å². The number of carbonyl (C=O) groups excluding carboxylic acids is 3. The highest BCUT2D eigenvalue weighted by molar-refractivity contribution is 7.80. The number of hydrogen-bond acceptors (Lipinski definition) is 5. The molecule has 0 heterocycles. The highest BCUT2D eigenvalue weighted by atomic mass is 32.1. The Morgan fingerprint density at radius 2 is 1.69 bits per heavy atom. The van der Waals surface area contributed by atoms with E-state index < -0.39 is 11.9 Å². The molecule has 0 radical (unpaired) electrons. The van der Waals surface area contributed by atoms with Crippen molar-refractivity contribution in [2.75, 3.05) is 17.7 Å². The Morgan fingerprint density at radius 3 is 2.38 bits per heavy atom. The highest BCUT2D eigenvalue weighted by Gasteiger charge is 2.14. The molecule has 152 valence electrons. The van der Waals surface area contributed by atoms with E-state index in [2.05, 4.69) is 20.7 Å². The molecule has 0 aliphatic carbocycles. The maximum Gasteiger partial charge on any atom is 0.306 e. The average Bonchev–Trinajstić information content (AvgIpc) is 2.69. The first kappa shape index (κ1) is 22.0. The van der Waals surface area contributed by atoms with Crippen LogP contribution in [0.25, 0.3) is 0 Å². The van der Waals surface area contributed by atoms with Crippen LogP contribution in [0.1, 0.15) is 34.3 Å². The van der Waals surface area contributed by atoms with Gasteiger partial charge in [0.1, 0.15) is 0 Å². The maximum absolute atomic E-state index is 12.7. The van der Waals surface area contributed by atoms with Crippen LogP contribution < -0.4 is 16.0 Å². The van der Waals surface area contributed by atoms with Gasteiger partial charge in [0.2, 0.25) is 5.91 Å². The Bertz CT molecular complexity index is 943. The number of esters is 1. The molecule has 0 saturated heterocycles. The zero-order valence-electron chi connectivity index (χ0n) is 16.5. The lowest BCUT2D eigenvalue weighted by Gasteiger charge is -2.14. The number of rotatable bonds is 6. The van der Waals surface area contributed by atoms with Crippen LogP contribution in [0, 0.1) is 13.8 Å². The third kappa shape index (κ3) is 6.69. The molecule has 0 unspecified atom stereocenters. The lowest BCUT2D eigenvalue weighted by atomic mass is 10.1. The minimum atomic E-state index is -0.479. The number of anilines is 2. The van der Waals surface area contributed by atoms with Gasteiger partial charge in [0, 0.05) is 12.1 Å². The molecule has 2 rings (SSSR count). The molecule has 2 aromatic carbocycles. The van der Waals surface area contributed by atoms with Gasteiger partial charge >= 0.3 is 5.97 Å². The Kier molecular flexibility index (Phi) is 7.85. The van der Waals surface area contributed by atoms with Gasteiger partial charge in [-0.05, 0) is 61.5 Å². The van der Waals surface area contributed by atoms with E-state index >= 15 is 0 Å². The van der Waals surface area contributed by atoms with Gasteiger partial charge in [-0.3, -0.25) is 14.4 Å². The van der Waals surface area contributed by atoms with Crippen LogP contribution in [-0.4, -0.2) is 30.0 Å². The van der Waals surface area contributed by atoms with Crippen molar-refractivity contribution in [1.82, 2.24) is 5.32 Å². The molecule has 0 atom stereocenters. The topological polar surface area (TPSA) is 96.5 Å². The third-order valence-electron chi connectivity index (χ3n) is 4.22. The molecule has 0 aliphatic heterocycles. The third-order valence-corrected chi connectivity index (χ3v) is 4.43. The van der Waals surface area contributed by atoms with E-state index in [4.69, 9.17) is 12.2 Å². The fourth-order valence-corrected chi connectivity index (χ4v) is 2.69. The van der Waals surface area contributed by atoms with Crippen LogP contribution >= 0.6 is 12.2 Å². The Hall–Kier alpha value is -3.26. The zero-order valence-corrected chi connectivity index (χ0v) is 17.3. The summed E-state index contributed by atoms with van der Waals surface area (Å²) in [6.45, 7) is 3.97. The van der Waals surface area contributed by atoms with Gasteiger partial charge in [0.15, 0.2) is 5.11 Å². The van der Waals surface area contributed by atoms with Crippen LogP contribution in [0.5, 0.6) is 0 Å². The van der Waals surface area contributed by atoms with Crippen molar-refractivity contribution in [3.05, 3.63) is 59.2 Å². The van der Waals surface area contributed by atoms with Gasteiger partial charge in [-0.1, -0.05) is 18.2 Å². The van der Waals surface area contributed by atoms with Gasteiger partial charge in [0.25, 0.3) is 5.91 Å². The molecule has 0 spiro atoms. The maximum atomic E-state index is 12.7. The minimum absolute atomic E-state index is 0.0336. The van der Waals surface area contributed by atoms with E-state index in [1.165, 1.54) is 7.11 Å². The molecule has 0 aromatic heterocycles. The summed E-state index contributed by atoms with van der Waals surface area (Å²) in [5, 5.41) is 8.22. The van der Waals surface area contributed by atoms with Crippen molar-refractivity contribution in [3.8, 4) is 0 Å². The number of hydrogen-bond donors (Lipinski definition) is 3. The monoisotopic (exact) mass is 413 g/mol. The first-order valence-corrected chi connectivity index (χ1v) is 9.36. The summed E-state index contributed by atoms with van der Waals surface area (Å²) < 4.78 is 4.49. The number of benzene rings is 2. The van der Waals surface area contributed by atoms with Gasteiger partial charge in [0.05, 0.1) is 24.8 Å². The molecule has 8 heteroatoms. The van der Waals surface area contributed by atoms with Crippen molar-refractivity contribution in [2.45, 2.75) is 26.7 Å². The molecule has 0 aliphatic rings. The zero-order chi connectivity index (χ0) is 21.4. The fourth-order valence-electron chi connectivity index (χ4n) is 2.47. The second-order valence-corrected chi connectivity index (χ2v) is 6.79. The Balaban J connectivity index is 2.02. The van der Waals surface area contributed by atoms with Crippen molar-refractivity contribution < 1.29 is 19.1 Å². The van der Waals surface area contributed by atoms with Gasteiger partial charge in [-0.2, -0.15) is 0 Å². The summed E-state index contributed by atoms with van der Waals surface area (Å²) in [5.74, 6) is -1.21. The number of methoxy groups -OCH3 is 1. The number of amides is 2. The number of aryl methyl sites for hydroxylation is 2. The molecule has 0 fully saturated rings. The van der Waals surface area contributed by atoms with E-state index in [1.54, 1.807) is 24.3 Å². The summed E-state index contributed by atoms with van der Waals surface area (Å²) >= 11 is 5.14. The van der Waals surface area contributed by atoms with E-state index in [-0.39, 0.29) is 23.9 Å². The first-order chi connectivity index (χ1) is 13.8. The lowest BCUT2D eigenvalue weighted by Crippen LogP contribution is -2.34. The molecule has 2 amide bonds. The van der Waals surface area contributed by atoms with Crippen molar-refractivity contribution in [2.24, 2.45) is 0 Å². The molecule has 7 nitrogen and oxygen atoms in total. The molecule has 29 heavy (non-hydrogen) atoms. The summed E-state index contributed by atoms with van der Waals surface area (Å²) in [6.07, 6.45) is -0.0939. The SMILES string of the molecule is COC(=O)CCC(=O)NC(=S)Nc1ccccc1C(=O)Nc1ccc(C)c(C)c1. The number of ether oxygens (including phenoxy) is 1. The quantitative estimate of drug-likeness (QED) is 0.497. The van der Waals surface area contributed by atoms with Crippen LogP contribution in [-0.2, 0) is 14.3 Å². The first-order valence-electron chi connectivity index (χ1n) is 8.95. The molecule has 3 N–H and O–H groups in total. The average molecular weight is 413 g/mol. The fraction of sp³-hybridized carbons (Fsp3) is 0.238. The van der Waals surface area contributed by atoms with E-state index in [0.717, 1.165) is 11.1 Å². The second kappa shape index (κ2) is 10.3. The van der Waals surface area contributed by atoms with Crippen LogP contribution in [0.3, 0.4) is 0 Å². The van der Waals surface area contributed by atoms with Crippen LogP contribution in [0.15, 0.2) is 42.5 Å².